The molecule has 0 aliphatic rings. The van der Waals surface area contributed by atoms with Gasteiger partial charge in [0.25, 0.3) is 0 Å². The molecule has 5 heteroatoms. The van der Waals surface area contributed by atoms with Crippen molar-refractivity contribution in [2.75, 3.05) is 7.11 Å². The average molecular weight is 384 g/mol. The van der Waals surface area contributed by atoms with E-state index in [1.54, 1.807) is 18.2 Å². The molecule has 5 nitrogen and oxygen atoms in total. The Balaban J connectivity index is 2.96. The molecule has 0 spiro atoms. The summed E-state index contributed by atoms with van der Waals surface area (Å²) in [6, 6.07) is 10.7. The fourth-order valence-corrected chi connectivity index (χ4v) is 3.52. The van der Waals surface area contributed by atoms with Crippen LogP contribution in [-0.2, 0) is 15.6 Å². The molecule has 0 saturated heterocycles. The van der Waals surface area contributed by atoms with Crippen molar-refractivity contribution in [3.63, 3.8) is 0 Å². The van der Waals surface area contributed by atoms with Crippen molar-refractivity contribution >= 4 is 12.1 Å². The fraction of sp³-hybridized carbons (Fsp3) is 0.391. The quantitative estimate of drug-likeness (QED) is 0.535. The molecule has 0 saturated carbocycles. The largest absolute Gasteiger partial charge is 0.511 e. The lowest BCUT2D eigenvalue weighted by Gasteiger charge is -2.34. The monoisotopic (exact) mass is 384 g/mol. The van der Waals surface area contributed by atoms with Gasteiger partial charge < -0.3 is 14.6 Å². The predicted octanol–water partition coefficient (Wildman–Crippen LogP) is 5.79. The summed E-state index contributed by atoms with van der Waals surface area (Å²) in [5.74, 6) is -0.108. The molecule has 0 heterocycles. The van der Waals surface area contributed by atoms with E-state index >= 15 is 0 Å². The molecule has 150 valence electrons. The Kier molecular flexibility index (Phi) is 5.88. The van der Waals surface area contributed by atoms with Gasteiger partial charge in [-0.15, -0.1) is 0 Å². The van der Waals surface area contributed by atoms with Gasteiger partial charge in [-0.1, -0.05) is 65.8 Å². The SMILES string of the molecule is COC(=O)c1ccccc1-c1ccc(OC(=O)O)c(C(C)(C)C)c1C(C)(C)C. The fourth-order valence-electron chi connectivity index (χ4n) is 3.52. The molecule has 0 aliphatic carbocycles. The number of benzene rings is 2. The molecule has 2 aromatic carbocycles. The molecule has 0 aromatic heterocycles. The summed E-state index contributed by atoms with van der Waals surface area (Å²) in [6.45, 7) is 12.2. The van der Waals surface area contributed by atoms with Crippen LogP contribution in [0.1, 0.15) is 63.0 Å². The zero-order chi connectivity index (χ0) is 21.3. The van der Waals surface area contributed by atoms with Gasteiger partial charge >= 0.3 is 12.1 Å². The molecule has 0 amide bonds. The zero-order valence-corrected chi connectivity index (χ0v) is 17.5. The van der Waals surface area contributed by atoms with Crippen molar-refractivity contribution < 1.29 is 24.2 Å². The third-order valence-corrected chi connectivity index (χ3v) is 4.49. The average Bonchev–Trinajstić information content (AvgIpc) is 2.58. The lowest BCUT2D eigenvalue weighted by atomic mass is 9.71. The van der Waals surface area contributed by atoms with Crippen LogP contribution in [0.15, 0.2) is 36.4 Å². The Morgan fingerprint density at radius 2 is 1.39 bits per heavy atom. The lowest BCUT2D eigenvalue weighted by Crippen LogP contribution is -2.25. The first-order chi connectivity index (χ1) is 12.9. The van der Waals surface area contributed by atoms with Crippen molar-refractivity contribution in [3.8, 4) is 16.9 Å². The van der Waals surface area contributed by atoms with Gasteiger partial charge in [0.05, 0.1) is 12.7 Å². The Hall–Kier alpha value is -2.82. The second kappa shape index (κ2) is 7.66. The predicted molar refractivity (Wildman–Crippen MR) is 109 cm³/mol. The van der Waals surface area contributed by atoms with Gasteiger partial charge in [-0.3, -0.25) is 0 Å². The molecule has 0 bridgehead atoms. The van der Waals surface area contributed by atoms with Crippen molar-refractivity contribution in [1.82, 2.24) is 0 Å². The molecule has 0 atom stereocenters. The summed E-state index contributed by atoms with van der Waals surface area (Å²) >= 11 is 0. The van der Waals surface area contributed by atoms with Gasteiger partial charge in [-0.2, -0.15) is 0 Å². The number of hydrogen-bond donors (Lipinski definition) is 1. The second-order valence-corrected chi connectivity index (χ2v) is 8.77. The molecular weight excluding hydrogens is 356 g/mol. The summed E-state index contributed by atoms with van der Waals surface area (Å²) < 4.78 is 10.1. The van der Waals surface area contributed by atoms with Crippen LogP contribution >= 0.6 is 0 Å². The highest BCUT2D eigenvalue weighted by molar-refractivity contribution is 5.98. The van der Waals surface area contributed by atoms with Crippen LogP contribution in [0.3, 0.4) is 0 Å². The molecule has 2 rings (SSSR count). The van der Waals surface area contributed by atoms with Crippen LogP contribution in [0.25, 0.3) is 11.1 Å². The van der Waals surface area contributed by atoms with E-state index in [1.165, 1.54) is 7.11 Å². The summed E-state index contributed by atoms with van der Waals surface area (Å²) in [5, 5.41) is 9.20. The van der Waals surface area contributed by atoms with Crippen molar-refractivity contribution in [1.29, 1.82) is 0 Å². The third kappa shape index (κ3) is 4.35. The van der Waals surface area contributed by atoms with E-state index in [4.69, 9.17) is 9.47 Å². The first-order valence-corrected chi connectivity index (χ1v) is 9.14. The van der Waals surface area contributed by atoms with E-state index in [2.05, 4.69) is 20.8 Å². The molecule has 0 radical (unpaired) electrons. The second-order valence-electron chi connectivity index (χ2n) is 8.77. The highest BCUT2D eigenvalue weighted by Crippen LogP contribution is 2.45. The maximum atomic E-state index is 12.3. The Morgan fingerprint density at radius 3 is 1.89 bits per heavy atom. The van der Waals surface area contributed by atoms with E-state index in [1.807, 2.05) is 39.0 Å². The van der Waals surface area contributed by atoms with Gasteiger partial charge in [0.1, 0.15) is 5.75 Å². The summed E-state index contributed by atoms with van der Waals surface area (Å²) in [4.78, 5) is 23.6. The molecular formula is C23H28O5. The van der Waals surface area contributed by atoms with Crippen LogP contribution in [0, 0.1) is 0 Å². The summed E-state index contributed by atoms with van der Waals surface area (Å²) in [6.07, 6.45) is -1.35. The van der Waals surface area contributed by atoms with Gasteiger partial charge in [0.2, 0.25) is 0 Å². The molecule has 0 fully saturated rings. The van der Waals surface area contributed by atoms with Crippen LogP contribution in [0.2, 0.25) is 0 Å². The van der Waals surface area contributed by atoms with Gasteiger partial charge in [0, 0.05) is 5.56 Å². The number of carbonyl (C=O) groups is 2. The first kappa shape index (κ1) is 21.5. The maximum Gasteiger partial charge on any atom is 0.511 e. The number of carboxylic acid groups (broad SMARTS) is 1. The number of methoxy groups -OCH3 is 1. The van der Waals surface area contributed by atoms with E-state index in [0.29, 0.717) is 11.3 Å². The Bertz CT molecular complexity index is 898. The van der Waals surface area contributed by atoms with E-state index in [0.717, 1.165) is 22.3 Å². The van der Waals surface area contributed by atoms with Gasteiger partial charge in [0.15, 0.2) is 0 Å². The number of ether oxygens (including phenoxy) is 2. The summed E-state index contributed by atoms with van der Waals surface area (Å²) in [7, 11) is 1.36. The topological polar surface area (TPSA) is 72.8 Å². The molecule has 1 N–H and O–H groups in total. The van der Waals surface area contributed by atoms with E-state index in [-0.39, 0.29) is 10.8 Å². The first-order valence-electron chi connectivity index (χ1n) is 9.14. The number of hydrogen-bond acceptors (Lipinski definition) is 4. The smallest absolute Gasteiger partial charge is 0.465 e. The summed E-state index contributed by atoms with van der Waals surface area (Å²) in [5.41, 5.74) is 3.09. The van der Waals surface area contributed by atoms with Crippen molar-refractivity contribution in [3.05, 3.63) is 53.1 Å². The third-order valence-electron chi connectivity index (χ3n) is 4.49. The minimum Gasteiger partial charge on any atom is -0.465 e. The van der Waals surface area contributed by atoms with Crippen molar-refractivity contribution in [2.45, 2.75) is 52.4 Å². The van der Waals surface area contributed by atoms with Crippen LogP contribution in [-0.4, -0.2) is 24.3 Å². The standard InChI is InChI=1S/C23H28O5/c1-22(2,3)18-15(14-10-8-9-11-16(14)20(24)27-7)12-13-17(28-21(25)26)19(18)23(4,5)6/h8-13H,1-7H3,(H,25,26). The molecule has 28 heavy (non-hydrogen) atoms. The Labute approximate surface area is 166 Å². The maximum absolute atomic E-state index is 12.3. The van der Waals surface area contributed by atoms with Gasteiger partial charge in [-0.05, 0) is 39.7 Å². The van der Waals surface area contributed by atoms with Crippen molar-refractivity contribution in [2.24, 2.45) is 0 Å². The van der Waals surface area contributed by atoms with E-state index < -0.39 is 12.1 Å². The molecule has 2 aromatic rings. The number of rotatable bonds is 3. The van der Waals surface area contributed by atoms with Crippen LogP contribution in [0.4, 0.5) is 4.79 Å². The number of esters is 1. The Morgan fingerprint density at radius 1 is 0.821 bits per heavy atom. The lowest BCUT2D eigenvalue weighted by molar-refractivity contribution is 0.0601. The minimum atomic E-state index is -1.35. The minimum absolute atomic E-state index is 0.309. The van der Waals surface area contributed by atoms with Crippen LogP contribution in [0.5, 0.6) is 5.75 Å². The molecule has 0 unspecified atom stereocenters. The van der Waals surface area contributed by atoms with Gasteiger partial charge in [-0.25, -0.2) is 9.59 Å². The normalized spacial score (nSPS) is 11.8. The number of carbonyl (C=O) groups excluding carboxylic acids is 1. The highest BCUT2D eigenvalue weighted by atomic mass is 16.7. The van der Waals surface area contributed by atoms with Crippen LogP contribution < -0.4 is 4.74 Å². The zero-order valence-electron chi connectivity index (χ0n) is 17.5. The van der Waals surface area contributed by atoms with E-state index in [9.17, 15) is 14.7 Å². The highest BCUT2D eigenvalue weighted by Gasteiger charge is 2.33. The molecule has 0 aliphatic heterocycles.